The highest BCUT2D eigenvalue weighted by atomic mass is 16.6. The van der Waals surface area contributed by atoms with Crippen LogP contribution in [0.15, 0.2) is 47.5 Å². The highest BCUT2D eigenvalue weighted by molar-refractivity contribution is 5.74. The van der Waals surface area contributed by atoms with Crippen molar-refractivity contribution in [1.82, 2.24) is 20.5 Å². The number of nitrogens with one attached hydrogen (secondary N) is 1. The normalized spacial score (nSPS) is 10.6. The molecule has 2 aromatic heterocycles. The summed E-state index contributed by atoms with van der Waals surface area (Å²) < 4.78 is 16.1. The van der Waals surface area contributed by atoms with Crippen LogP contribution in [0.3, 0.4) is 0 Å². The summed E-state index contributed by atoms with van der Waals surface area (Å²) in [7, 11) is 1.56. The third-order valence-electron chi connectivity index (χ3n) is 4.80. The minimum atomic E-state index is -0.481. The summed E-state index contributed by atoms with van der Waals surface area (Å²) in [5.41, 5.74) is 2.27. The van der Waals surface area contributed by atoms with Gasteiger partial charge in [0.25, 0.3) is 0 Å². The number of rotatable bonds is 11. The van der Waals surface area contributed by atoms with E-state index in [2.05, 4.69) is 27.4 Å². The fraction of sp³-hybridized carbons (Fsp3) is 0.391. The lowest BCUT2D eigenvalue weighted by Crippen LogP contribution is -2.27. The molecule has 0 atom stereocenters. The van der Waals surface area contributed by atoms with Gasteiger partial charge in [-0.1, -0.05) is 39.0 Å². The number of amides is 1. The van der Waals surface area contributed by atoms with Gasteiger partial charge in [-0.25, -0.2) is 4.79 Å². The fourth-order valence-electron chi connectivity index (χ4n) is 3.17. The molecule has 1 aromatic carbocycles. The van der Waals surface area contributed by atoms with Gasteiger partial charge in [0, 0.05) is 30.6 Å². The van der Waals surface area contributed by atoms with Gasteiger partial charge >= 0.3 is 6.09 Å². The van der Waals surface area contributed by atoms with E-state index in [1.807, 2.05) is 12.1 Å². The second-order valence-electron chi connectivity index (χ2n) is 7.19. The van der Waals surface area contributed by atoms with E-state index in [9.17, 15) is 4.79 Å². The Bertz CT molecular complexity index is 960. The SMILES string of the molecule is CCCCCCCCNC(=O)Oc1cc(OC)cc(-c2cncc(-c3nnco3)c2)c1. The molecule has 31 heavy (non-hydrogen) atoms. The monoisotopic (exact) mass is 424 g/mol. The van der Waals surface area contributed by atoms with Crippen LogP contribution in [0, 0.1) is 0 Å². The zero-order valence-corrected chi connectivity index (χ0v) is 18.0. The molecule has 0 saturated carbocycles. The zero-order valence-electron chi connectivity index (χ0n) is 18.0. The Balaban J connectivity index is 1.63. The zero-order chi connectivity index (χ0) is 21.9. The van der Waals surface area contributed by atoms with Crippen LogP contribution in [-0.4, -0.2) is 34.9 Å². The largest absolute Gasteiger partial charge is 0.497 e. The lowest BCUT2D eigenvalue weighted by molar-refractivity contribution is 0.200. The van der Waals surface area contributed by atoms with Crippen molar-refractivity contribution in [1.29, 1.82) is 0 Å². The number of pyridine rings is 1. The van der Waals surface area contributed by atoms with Crippen LogP contribution in [0.4, 0.5) is 4.79 Å². The lowest BCUT2D eigenvalue weighted by atomic mass is 10.1. The van der Waals surface area contributed by atoms with Crippen molar-refractivity contribution < 1.29 is 18.7 Å². The second-order valence-corrected chi connectivity index (χ2v) is 7.19. The number of methoxy groups -OCH3 is 1. The highest BCUT2D eigenvalue weighted by Gasteiger charge is 2.11. The number of unbranched alkanes of at least 4 members (excludes halogenated alkanes) is 5. The number of benzene rings is 1. The molecule has 0 spiro atoms. The number of nitrogens with zero attached hydrogens (tertiary/aromatic N) is 3. The van der Waals surface area contributed by atoms with Crippen molar-refractivity contribution in [3.8, 4) is 34.1 Å². The number of hydrogen-bond donors (Lipinski definition) is 1. The van der Waals surface area contributed by atoms with Crippen molar-refractivity contribution >= 4 is 6.09 Å². The van der Waals surface area contributed by atoms with Gasteiger partial charge in [0.05, 0.1) is 12.7 Å². The third-order valence-corrected chi connectivity index (χ3v) is 4.80. The van der Waals surface area contributed by atoms with E-state index in [4.69, 9.17) is 13.9 Å². The number of ether oxygens (including phenoxy) is 2. The molecule has 1 amide bonds. The fourth-order valence-corrected chi connectivity index (χ4v) is 3.17. The summed E-state index contributed by atoms with van der Waals surface area (Å²) in [6.45, 7) is 2.79. The van der Waals surface area contributed by atoms with E-state index in [0.29, 0.717) is 29.5 Å². The van der Waals surface area contributed by atoms with Crippen LogP contribution < -0.4 is 14.8 Å². The number of carbonyl (C=O) groups is 1. The smallest absolute Gasteiger partial charge is 0.412 e. The molecule has 0 aliphatic carbocycles. The van der Waals surface area contributed by atoms with E-state index >= 15 is 0 Å². The van der Waals surface area contributed by atoms with Crippen molar-refractivity contribution in [3.05, 3.63) is 43.1 Å². The van der Waals surface area contributed by atoms with Gasteiger partial charge < -0.3 is 19.2 Å². The van der Waals surface area contributed by atoms with Crippen molar-refractivity contribution in [2.75, 3.05) is 13.7 Å². The van der Waals surface area contributed by atoms with Crippen LogP contribution in [0.25, 0.3) is 22.6 Å². The standard InChI is InChI=1S/C23H28N4O4/c1-3-4-5-6-7-8-9-25-23(28)31-21-12-17(11-20(13-21)29-2)18-10-19(15-24-14-18)22-27-26-16-30-22/h10-16H,3-9H2,1-2H3,(H,25,28). The molecule has 1 N–H and O–H groups in total. The summed E-state index contributed by atoms with van der Waals surface area (Å²) >= 11 is 0. The molecule has 0 fully saturated rings. The summed E-state index contributed by atoms with van der Waals surface area (Å²) in [6, 6.07) is 7.15. The Kier molecular flexibility index (Phi) is 8.39. The Morgan fingerprint density at radius 3 is 2.52 bits per heavy atom. The Morgan fingerprint density at radius 2 is 1.74 bits per heavy atom. The van der Waals surface area contributed by atoms with E-state index in [-0.39, 0.29) is 0 Å². The molecule has 0 radical (unpaired) electrons. The summed E-state index contributed by atoms with van der Waals surface area (Å²) in [6.07, 6.45) is 11.1. The Hall–Kier alpha value is -3.42. The summed E-state index contributed by atoms with van der Waals surface area (Å²) in [5.74, 6) is 1.33. The van der Waals surface area contributed by atoms with Crippen molar-refractivity contribution in [2.24, 2.45) is 0 Å². The topological polar surface area (TPSA) is 99.4 Å². The summed E-state index contributed by atoms with van der Waals surface area (Å²) in [5, 5.41) is 10.4. The predicted molar refractivity (Wildman–Crippen MR) is 117 cm³/mol. The van der Waals surface area contributed by atoms with Gasteiger partial charge in [-0.3, -0.25) is 4.98 Å². The molecular formula is C23H28N4O4. The molecule has 2 heterocycles. The first-order chi connectivity index (χ1) is 15.2. The highest BCUT2D eigenvalue weighted by Crippen LogP contribution is 2.31. The van der Waals surface area contributed by atoms with Gasteiger partial charge in [-0.2, -0.15) is 0 Å². The molecule has 8 nitrogen and oxygen atoms in total. The van der Waals surface area contributed by atoms with Crippen LogP contribution >= 0.6 is 0 Å². The van der Waals surface area contributed by atoms with E-state index in [1.165, 1.54) is 32.1 Å². The van der Waals surface area contributed by atoms with Gasteiger partial charge in [0.2, 0.25) is 12.3 Å². The van der Waals surface area contributed by atoms with E-state index in [1.54, 1.807) is 31.6 Å². The first-order valence-electron chi connectivity index (χ1n) is 10.6. The first kappa shape index (κ1) is 22.3. The van der Waals surface area contributed by atoms with Gasteiger partial charge in [0.1, 0.15) is 11.5 Å². The maximum atomic E-state index is 12.2. The van der Waals surface area contributed by atoms with Crippen LogP contribution in [-0.2, 0) is 0 Å². The molecule has 0 bridgehead atoms. The number of carbonyl (C=O) groups excluding carboxylic acids is 1. The van der Waals surface area contributed by atoms with Gasteiger partial charge in [-0.15, -0.1) is 10.2 Å². The first-order valence-corrected chi connectivity index (χ1v) is 10.6. The second kappa shape index (κ2) is 11.7. The minimum Gasteiger partial charge on any atom is -0.497 e. The maximum Gasteiger partial charge on any atom is 0.412 e. The average molecular weight is 425 g/mol. The molecule has 0 saturated heterocycles. The van der Waals surface area contributed by atoms with Crippen molar-refractivity contribution in [3.63, 3.8) is 0 Å². The summed E-state index contributed by atoms with van der Waals surface area (Å²) in [4.78, 5) is 16.4. The molecular weight excluding hydrogens is 396 g/mol. The average Bonchev–Trinajstić information content (AvgIpc) is 3.33. The van der Waals surface area contributed by atoms with Crippen LogP contribution in [0.1, 0.15) is 45.4 Å². The Morgan fingerprint density at radius 1 is 0.968 bits per heavy atom. The molecule has 0 aliphatic rings. The van der Waals surface area contributed by atoms with E-state index in [0.717, 1.165) is 24.0 Å². The molecule has 3 rings (SSSR count). The molecule has 0 aliphatic heterocycles. The molecule has 0 unspecified atom stereocenters. The lowest BCUT2D eigenvalue weighted by Gasteiger charge is -2.11. The van der Waals surface area contributed by atoms with Gasteiger partial charge in [-0.05, 0) is 30.2 Å². The predicted octanol–water partition coefficient (Wildman–Crippen LogP) is 5.26. The number of hydrogen-bond acceptors (Lipinski definition) is 7. The third kappa shape index (κ3) is 6.80. The number of aromatic nitrogens is 3. The van der Waals surface area contributed by atoms with Crippen molar-refractivity contribution in [2.45, 2.75) is 45.4 Å². The maximum absolute atomic E-state index is 12.2. The molecule has 3 aromatic rings. The van der Waals surface area contributed by atoms with Gasteiger partial charge in [0.15, 0.2) is 0 Å². The molecule has 8 heteroatoms. The van der Waals surface area contributed by atoms with Crippen LogP contribution in [0.5, 0.6) is 11.5 Å². The van der Waals surface area contributed by atoms with E-state index < -0.39 is 6.09 Å². The quantitative estimate of drug-likeness (QED) is 0.419. The van der Waals surface area contributed by atoms with Crippen LogP contribution in [0.2, 0.25) is 0 Å². The minimum absolute atomic E-state index is 0.378. The Labute approximate surface area is 182 Å². The molecule has 164 valence electrons.